The van der Waals surface area contributed by atoms with Gasteiger partial charge in [-0.3, -0.25) is 42.7 Å². The summed E-state index contributed by atoms with van der Waals surface area (Å²) in [7, 11) is 1.46. The van der Waals surface area contributed by atoms with Crippen LogP contribution in [0.5, 0.6) is 5.75 Å². The number of rotatable bonds is 31. The molecule has 504 valence electrons. The number of fused-ring (bicyclic) bond motifs is 3. The first-order chi connectivity index (χ1) is 46.0. The summed E-state index contributed by atoms with van der Waals surface area (Å²) in [5.41, 5.74) is 6.81. The molecule has 1 unspecified atom stereocenters. The van der Waals surface area contributed by atoms with Crippen LogP contribution in [0.2, 0.25) is 0 Å². The number of aliphatic hydroxyl groups excluding tert-OH is 1. The van der Waals surface area contributed by atoms with E-state index >= 15 is 0 Å². The smallest absolute Gasteiger partial charge is 0.416 e. The zero-order valence-corrected chi connectivity index (χ0v) is 55.5. The Kier molecular flexibility index (Phi) is 23.2. The number of aryl methyl sites for hydroxylation is 3. The van der Waals surface area contributed by atoms with E-state index in [4.69, 9.17) is 28.0 Å². The van der Waals surface area contributed by atoms with Crippen molar-refractivity contribution in [1.82, 2.24) is 28.9 Å². The van der Waals surface area contributed by atoms with Gasteiger partial charge in [0, 0.05) is 88.5 Å². The van der Waals surface area contributed by atoms with Gasteiger partial charge in [-0.25, -0.2) is 14.7 Å². The summed E-state index contributed by atoms with van der Waals surface area (Å²) in [5, 5.41) is 18.1. The number of nitrogens with one attached hydrogen (secondary N) is 2. The Morgan fingerprint density at radius 1 is 0.812 bits per heavy atom. The monoisotopic (exact) mass is 1330 g/mol. The predicted octanol–water partition coefficient (Wildman–Crippen LogP) is 9.78. The van der Waals surface area contributed by atoms with Crippen LogP contribution in [0.15, 0.2) is 147 Å². The molecule has 2 aliphatic rings. The highest BCUT2D eigenvalue weighted by molar-refractivity contribution is 7.53. The van der Waals surface area contributed by atoms with Crippen LogP contribution in [0.25, 0.3) is 22.0 Å². The minimum atomic E-state index is -3.52. The van der Waals surface area contributed by atoms with Crippen LogP contribution in [0, 0.1) is 12.8 Å². The number of aromatic nitrogens is 4. The predicted molar refractivity (Wildman–Crippen MR) is 359 cm³/mol. The summed E-state index contributed by atoms with van der Waals surface area (Å²) >= 11 is 0. The molecule has 25 heteroatoms. The SMILES string of the molecule is C=CCOC(=O)C[C@@H](C)C(=O)N[C@@H](C)C(=O)Cc1ccc(COC(=O)N2c3cc(OCCCC(=O)Nc4cn(C)c(C(=O)Cc5ccc(-c6cc(C(=O)n7ccc8cc(CP(=O)(OCC=C)OCCOC)ccc87)n(C)c6)cc5)n4)c(C)cc3C(=O)N3CC(=C)C[C@H]3[C@@H]2O)cc1. The van der Waals surface area contributed by atoms with Crippen LogP contribution in [0.4, 0.5) is 16.3 Å². The third-order valence-corrected chi connectivity index (χ3v) is 18.3. The molecule has 96 heavy (non-hydrogen) atoms. The number of aliphatic hydroxyl groups is 1. The van der Waals surface area contributed by atoms with Gasteiger partial charge >= 0.3 is 19.7 Å². The number of ether oxygens (including phenoxy) is 4. The fourth-order valence-electron chi connectivity index (χ4n) is 11.3. The second kappa shape index (κ2) is 31.6. The standard InChI is InChI=1S/C71H79N8O16P/c1-10-26-92-65(83)33-46(5)67(84)72-47(6)60(80)35-48-14-16-50(17-15-48)42-93-71(88)79-57-38-62(45(4)32-55(57)68(85)78-39-44(3)31-59(78)70(79)87)91-28-12-13-64(82)73-63-41-76(8)66(74-63)61(81)36-49-18-21-52(22-19-49)54-37-58(75(7)40-54)69(86)77-25-24-53-34-51(20-23-56(53)77)43-96(89,94-27-11-2)95-30-29-90-9/h10-11,14-25,32,34,37-38,40-41,46-47,59,70,87H,1-3,12-13,26-31,33,35-36,39,42-43H2,4-9H3,(H,72,84)(H,73,82)/t46-,47+,59+,70+,96?/m1/s1. The van der Waals surface area contributed by atoms with Gasteiger partial charge in [0.15, 0.2) is 23.7 Å². The Balaban J connectivity index is 0.763. The molecule has 1 saturated heterocycles. The summed E-state index contributed by atoms with van der Waals surface area (Å²) in [6, 6.07) is 24.7. The molecule has 2 aliphatic heterocycles. The molecular weight excluding hydrogens is 1250 g/mol. The van der Waals surface area contributed by atoms with E-state index < -0.39 is 55.7 Å². The fourth-order valence-corrected chi connectivity index (χ4v) is 12.9. The van der Waals surface area contributed by atoms with Crippen molar-refractivity contribution in [3.63, 3.8) is 0 Å². The molecule has 4 amide bonds. The van der Waals surface area contributed by atoms with Gasteiger partial charge in [0.2, 0.25) is 17.6 Å². The molecule has 4 aromatic carbocycles. The Morgan fingerprint density at radius 2 is 1.52 bits per heavy atom. The maximum Gasteiger partial charge on any atom is 0.416 e. The average molecular weight is 1330 g/mol. The molecule has 3 N–H and O–H groups in total. The van der Waals surface area contributed by atoms with Crippen molar-refractivity contribution in [2.75, 3.05) is 56.9 Å². The number of hydrogen-bond acceptors (Lipinski definition) is 17. The summed E-state index contributed by atoms with van der Waals surface area (Å²) in [4.78, 5) is 114. The van der Waals surface area contributed by atoms with Crippen molar-refractivity contribution in [2.45, 2.75) is 90.4 Å². The van der Waals surface area contributed by atoms with Crippen molar-refractivity contribution >= 4 is 77.3 Å². The maximum atomic E-state index is 14.2. The Bertz CT molecular complexity index is 4170. The Labute approximate surface area is 556 Å². The summed E-state index contributed by atoms with van der Waals surface area (Å²) < 4.78 is 51.5. The number of esters is 1. The molecular formula is C71H79N8O16P. The van der Waals surface area contributed by atoms with Crippen LogP contribution in [-0.4, -0.2) is 141 Å². The van der Waals surface area contributed by atoms with Gasteiger partial charge in [0.25, 0.3) is 11.8 Å². The second-order valence-electron chi connectivity index (χ2n) is 23.8. The molecule has 0 spiro atoms. The first-order valence-corrected chi connectivity index (χ1v) is 33.0. The van der Waals surface area contributed by atoms with E-state index in [2.05, 4.69) is 35.4 Å². The number of ketones is 2. The van der Waals surface area contributed by atoms with Gasteiger partial charge in [0.05, 0.1) is 67.9 Å². The molecule has 5 heterocycles. The number of benzene rings is 4. The van der Waals surface area contributed by atoms with Gasteiger partial charge in [-0.05, 0) is 90.4 Å². The zero-order chi connectivity index (χ0) is 69.0. The van der Waals surface area contributed by atoms with E-state index in [1.54, 1.807) is 103 Å². The quantitative estimate of drug-likeness (QED) is 0.0120. The van der Waals surface area contributed by atoms with Crippen LogP contribution < -0.4 is 20.3 Å². The van der Waals surface area contributed by atoms with Gasteiger partial charge in [-0.15, -0.1) is 6.58 Å². The molecule has 1 fully saturated rings. The number of carbonyl (C=O) groups excluding carboxylic acids is 8. The highest BCUT2D eigenvalue weighted by Crippen LogP contribution is 2.51. The van der Waals surface area contributed by atoms with E-state index in [9.17, 15) is 48.0 Å². The minimum Gasteiger partial charge on any atom is -0.493 e. The number of amides is 4. The molecule has 3 aromatic heterocycles. The highest BCUT2D eigenvalue weighted by atomic mass is 31.2. The first kappa shape index (κ1) is 70.5. The van der Waals surface area contributed by atoms with Crippen LogP contribution in [-0.2, 0) is 86.7 Å². The van der Waals surface area contributed by atoms with Gasteiger partial charge in [0.1, 0.15) is 24.7 Å². The highest BCUT2D eigenvalue weighted by Gasteiger charge is 2.46. The Morgan fingerprint density at radius 3 is 2.25 bits per heavy atom. The number of methoxy groups -OCH3 is 1. The first-order valence-electron chi connectivity index (χ1n) is 31.3. The lowest BCUT2D eigenvalue weighted by Gasteiger charge is -2.31. The average Bonchev–Trinajstić information content (AvgIpc) is 1.55. The lowest BCUT2D eigenvalue weighted by atomic mass is 10.0. The minimum absolute atomic E-state index is 0.00559. The van der Waals surface area contributed by atoms with Crippen LogP contribution in [0.1, 0.15) is 98.8 Å². The second-order valence-corrected chi connectivity index (χ2v) is 25.9. The maximum absolute atomic E-state index is 14.2. The van der Waals surface area contributed by atoms with Crippen LogP contribution >= 0.6 is 7.60 Å². The number of carbonyl (C=O) groups is 8. The lowest BCUT2D eigenvalue weighted by Crippen LogP contribution is -2.50. The van der Waals surface area contributed by atoms with E-state index in [-0.39, 0.29) is 137 Å². The van der Waals surface area contributed by atoms with Crippen molar-refractivity contribution in [3.05, 3.63) is 192 Å². The van der Waals surface area contributed by atoms with Gasteiger partial charge in [-0.1, -0.05) is 92.4 Å². The van der Waals surface area contributed by atoms with Crippen molar-refractivity contribution < 1.29 is 76.0 Å². The molecule has 5 atom stereocenters. The van der Waals surface area contributed by atoms with Gasteiger partial charge in [-0.2, -0.15) is 0 Å². The zero-order valence-electron chi connectivity index (χ0n) is 54.6. The van der Waals surface area contributed by atoms with Crippen molar-refractivity contribution in [2.24, 2.45) is 20.0 Å². The van der Waals surface area contributed by atoms with Gasteiger partial charge < -0.3 is 57.8 Å². The lowest BCUT2D eigenvalue weighted by molar-refractivity contribution is -0.145. The molecule has 0 aliphatic carbocycles. The molecule has 0 bridgehead atoms. The number of nitrogens with zero attached hydrogens (tertiary/aromatic N) is 6. The normalized spacial score (nSPS) is 15.6. The Hall–Kier alpha value is -9.84. The molecule has 9 rings (SSSR count). The van der Waals surface area contributed by atoms with Crippen LogP contribution in [0.3, 0.4) is 0 Å². The van der Waals surface area contributed by atoms with Crippen molar-refractivity contribution in [3.8, 4) is 16.9 Å². The fraction of sp³-hybridized carbons (Fsp3) is 0.338. The van der Waals surface area contributed by atoms with E-state index in [0.717, 1.165) is 27.0 Å². The van der Waals surface area contributed by atoms with E-state index in [1.807, 2.05) is 48.7 Å². The van der Waals surface area contributed by atoms with E-state index in [1.165, 1.54) is 30.2 Å². The summed E-state index contributed by atoms with van der Waals surface area (Å²) in [5.74, 6) is -2.73. The topological polar surface area (TPSA) is 287 Å². The summed E-state index contributed by atoms with van der Waals surface area (Å²) in [6.45, 7) is 16.5. The number of anilines is 2. The molecule has 24 nitrogen and oxygen atoms in total. The number of Topliss-reactive ketones (excluding diaryl/α,β-unsaturated/α-hetero) is 2. The third kappa shape index (κ3) is 17.2. The van der Waals surface area contributed by atoms with E-state index in [0.29, 0.717) is 44.8 Å². The van der Waals surface area contributed by atoms with Crippen molar-refractivity contribution in [1.29, 1.82) is 0 Å². The molecule has 7 aromatic rings. The third-order valence-electron chi connectivity index (χ3n) is 16.4. The number of hydrogen-bond donors (Lipinski definition) is 3. The molecule has 0 radical (unpaired) electrons. The summed E-state index contributed by atoms with van der Waals surface area (Å²) in [6.07, 6.45) is 5.93. The largest absolute Gasteiger partial charge is 0.493 e. The number of imidazole rings is 1. The molecule has 0 saturated carbocycles.